The first kappa shape index (κ1) is 15.4. The molecule has 0 aromatic heterocycles. The SMILES string of the molecule is O=C1NC(C(=O)N[C@@H](CCc2ccccc2)C(=O)O)CS1. The van der Waals surface area contributed by atoms with Gasteiger partial charge in [-0.1, -0.05) is 42.1 Å². The van der Waals surface area contributed by atoms with Crippen LogP contribution in [0.3, 0.4) is 0 Å². The minimum atomic E-state index is -1.07. The Morgan fingerprint density at radius 3 is 2.67 bits per heavy atom. The number of amides is 2. The monoisotopic (exact) mass is 308 g/mol. The van der Waals surface area contributed by atoms with Crippen molar-refractivity contribution in [3.63, 3.8) is 0 Å². The Kier molecular flexibility index (Phi) is 5.21. The van der Waals surface area contributed by atoms with Crippen molar-refractivity contribution < 1.29 is 19.5 Å². The number of hydrogen-bond donors (Lipinski definition) is 3. The summed E-state index contributed by atoms with van der Waals surface area (Å²) in [6, 6.07) is 7.87. The molecule has 1 aliphatic heterocycles. The molecule has 2 atom stereocenters. The lowest BCUT2D eigenvalue weighted by Gasteiger charge is -2.17. The molecule has 21 heavy (non-hydrogen) atoms. The summed E-state index contributed by atoms with van der Waals surface area (Å²) in [7, 11) is 0. The molecule has 3 N–H and O–H groups in total. The second-order valence-electron chi connectivity index (χ2n) is 4.72. The molecular formula is C14H16N2O4S. The molecular weight excluding hydrogens is 292 g/mol. The van der Waals surface area contributed by atoms with E-state index in [0.717, 1.165) is 17.3 Å². The van der Waals surface area contributed by atoms with Gasteiger partial charge in [-0.25, -0.2) is 4.79 Å². The highest BCUT2D eigenvalue weighted by Crippen LogP contribution is 2.13. The zero-order valence-corrected chi connectivity index (χ0v) is 12.1. The molecule has 0 radical (unpaired) electrons. The summed E-state index contributed by atoms with van der Waals surface area (Å²) >= 11 is 1.02. The summed E-state index contributed by atoms with van der Waals surface area (Å²) in [6.45, 7) is 0. The Balaban J connectivity index is 1.88. The first-order chi connectivity index (χ1) is 10.1. The van der Waals surface area contributed by atoms with E-state index in [1.54, 1.807) is 0 Å². The molecule has 1 aromatic carbocycles. The van der Waals surface area contributed by atoms with Crippen molar-refractivity contribution in [1.29, 1.82) is 0 Å². The zero-order chi connectivity index (χ0) is 15.2. The van der Waals surface area contributed by atoms with Gasteiger partial charge in [-0.05, 0) is 18.4 Å². The number of carboxylic acids is 1. The van der Waals surface area contributed by atoms with E-state index in [4.69, 9.17) is 0 Å². The predicted octanol–water partition coefficient (Wildman–Crippen LogP) is 1.01. The van der Waals surface area contributed by atoms with Gasteiger partial charge in [0.25, 0.3) is 5.24 Å². The number of aryl methyl sites for hydroxylation is 1. The van der Waals surface area contributed by atoms with Gasteiger partial charge in [0.05, 0.1) is 0 Å². The van der Waals surface area contributed by atoms with E-state index in [1.807, 2.05) is 30.3 Å². The summed E-state index contributed by atoms with van der Waals surface area (Å²) in [5.41, 5.74) is 1.02. The van der Waals surface area contributed by atoms with Crippen LogP contribution < -0.4 is 10.6 Å². The van der Waals surface area contributed by atoms with Crippen LogP contribution in [0.4, 0.5) is 4.79 Å². The Morgan fingerprint density at radius 2 is 2.10 bits per heavy atom. The maximum Gasteiger partial charge on any atom is 0.326 e. The van der Waals surface area contributed by atoms with Crippen molar-refractivity contribution >= 4 is 28.9 Å². The molecule has 1 saturated heterocycles. The van der Waals surface area contributed by atoms with Crippen LogP contribution in [0.15, 0.2) is 30.3 Å². The fourth-order valence-electron chi connectivity index (χ4n) is 2.01. The van der Waals surface area contributed by atoms with E-state index in [9.17, 15) is 19.5 Å². The standard InChI is InChI=1S/C14H16N2O4S/c17-12(11-8-21-14(20)16-11)15-10(13(18)19)7-6-9-4-2-1-3-5-9/h1-5,10-11H,6-8H2,(H,15,17)(H,16,20)(H,18,19)/t10-,11?/m0/s1. The second kappa shape index (κ2) is 7.12. The predicted molar refractivity (Wildman–Crippen MR) is 79.1 cm³/mol. The van der Waals surface area contributed by atoms with Crippen molar-refractivity contribution in [1.82, 2.24) is 10.6 Å². The number of aliphatic carboxylic acids is 1. The molecule has 0 bridgehead atoms. The molecule has 112 valence electrons. The fourth-order valence-corrected chi connectivity index (χ4v) is 2.79. The number of nitrogens with one attached hydrogen (secondary N) is 2. The van der Waals surface area contributed by atoms with Crippen molar-refractivity contribution in [3.8, 4) is 0 Å². The largest absolute Gasteiger partial charge is 0.480 e. The topological polar surface area (TPSA) is 95.5 Å². The lowest BCUT2D eigenvalue weighted by molar-refractivity contribution is -0.142. The molecule has 1 aromatic rings. The number of benzene rings is 1. The molecule has 0 aliphatic carbocycles. The van der Waals surface area contributed by atoms with Gasteiger partial charge in [0.2, 0.25) is 5.91 Å². The number of hydrogen-bond acceptors (Lipinski definition) is 4. The van der Waals surface area contributed by atoms with Crippen LogP contribution in [-0.4, -0.2) is 40.1 Å². The van der Waals surface area contributed by atoms with Gasteiger partial charge < -0.3 is 15.7 Å². The van der Waals surface area contributed by atoms with Crippen molar-refractivity contribution in [3.05, 3.63) is 35.9 Å². The Labute approximate surface area is 126 Å². The summed E-state index contributed by atoms with van der Waals surface area (Å²) in [5.74, 6) is -1.19. The molecule has 1 fully saturated rings. The van der Waals surface area contributed by atoms with E-state index < -0.39 is 24.0 Å². The summed E-state index contributed by atoms with van der Waals surface area (Å²) in [4.78, 5) is 34.2. The molecule has 0 saturated carbocycles. The summed E-state index contributed by atoms with van der Waals surface area (Å²) in [6.07, 6.45) is 0.864. The molecule has 2 amide bonds. The lowest BCUT2D eigenvalue weighted by atomic mass is 10.0. The first-order valence-corrected chi connectivity index (χ1v) is 7.55. The van der Waals surface area contributed by atoms with E-state index in [-0.39, 0.29) is 5.24 Å². The summed E-state index contributed by atoms with van der Waals surface area (Å²) in [5, 5.41) is 13.9. The van der Waals surface area contributed by atoms with E-state index in [2.05, 4.69) is 10.6 Å². The van der Waals surface area contributed by atoms with E-state index in [0.29, 0.717) is 18.6 Å². The van der Waals surface area contributed by atoms with Crippen molar-refractivity contribution in [2.75, 3.05) is 5.75 Å². The normalized spacial score (nSPS) is 18.9. The van der Waals surface area contributed by atoms with Gasteiger partial charge in [0, 0.05) is 5.75 Å². The smallest absolute Gasteiger partial charge is 0.326 e. The van der Waals surface area contributed by atoms with Crippen LogP contribution in [0.1, 0.15) is 12.0 Å². The molecule has 1 aliphatic rings. The number of thioether (sulfide) groups is 1. The number of carbonyl (C=O) groups is 3. The van der Waals surface area contributed by atoms with Crippen LogP contribution in [-0.2, 0) is 16.0 Å². The highest BCUT2D eigenvalue weighted by Gasteiger charge is 2.30. The number of carbonyl (C=O) groups excluding carboxylic acids is 2. The number of rotatable bonds is 6. The van der Waals surface area contributed by atoms with Crippen LogP contribution in [0.2, 0.25) is 0 Å². The van der Waals surface area contributed by atoms with Gasteiger partial charge in [-0.15, -0.1) is 0 Å². The molecule has 1 unspecified atom stereocenters. The molecule has 1 heterocycles. The van der Waals surface area contributed by atoms with Gasteiger partial charge >= 0.3 is 5.97 Å². The van der Waals surface area contributed by atoms with E-state index >= 15 is 0 Å². The van der Waals surface area contributed by atoms with Gasteiger partial charge in [-0.2, -0.15) is 0 Å². The van der Waals surface area contributed by atoms with Crippen LogP contribution >= 0.6 is 11.8 Å². The highest BCUT2D eigenvalue weighted by molar-refractivity contribution is 8.14. The molecule has 0 spiro atoms. The molecule has 7 heteroatoms. The van der Waals surface area contributed by atoms with Gasteiger partial charge in [-0.3, -0.25) is 9.59 Å². The Bertz CT molecular complexity index is 535. The molecule has 2 rings (SSSR count). The van der Waals surface area contributed by atoms with Crippen LogP contribution in [0, 0.1) is 0 Å². The van der Waals surface area contributed by atoms with Crippen LogP contribution in [0.5, 0.6) is 0 Å². The fraction of sp³-hybridized carbons (Fsp3) is 0.357. The second-order valence-corrected chi connectivity index (χ2v) is 5.71. The third kappa shape index (κ3) is 4.49. The molecule has 6 nitrogen and oxygen atoms in total. The minimum Gasteiger partial charge on any atom is -0.480 e. The summed E-state index contributed by atoms with van der Waals surface area (Å²) < 4.78 is 0. The maximum absolute atomic E-state index is 11.9. The van der Waals surface area contributed by atoms with Gasteiger partial charge in [0.15, 0.2) is 0 Å². The maximum atomic E-state index is 11.9. The van der Waals surface area contributed by atoms with Crippen LogP contribution in [0.25, 0.3) is 0 Å². The number of carboxylic acid groups (broad SMARTS) is 1. The highest BCUT2D eigenvalue weighted by atomic mass is 32.2. The van der Waals surface area contributed by atoms with E-state index in [1.165, 1.54) is 0 Å². The zero-order valence-electron chi connectivity index (χ0n) is 11.2. The Hall–Kier alpha value is -2.02. The van der Waals surface area contributed by atoms with Crippen molar-refractivity contribution in [2.45, 2.75) is 24.9 Å². The van der Waals surface area contributed by atoms with Gasteiger partial charge in [0.1, 0.15) is 12.1 Å². The average molecular weight is 308 g/mol. The third-order valence-corrected chi connectivity index (χ3v) is 4.05. The average Bonchev–Trinajstić information content (AvgIpc) is 2.90. The van der Waals surface area contributed by atoms with Crippen molar-refractivity contribution in [2.24, 2.45) is 0 Å². The third-order valence-electron chi connectivity index (χ3n) is 3.17. The Morgan fingerprint density at radius 1 is 1.38 bits per heavy atom. The lowest BCUT2D eigenvalue weighted by Crippen LogP contribution is -2.49. The quantitative estimate of drug-likeness (QED) is 0.729. The first-order valence-electron chi connectivity index (χ1n) is 6.56. The minimum absolute atomic E-state index is 0.258.